The Morgan fingerprint density at radius 3 is 1.86 bits per heavy atom. The maximum atomic E-state index is 14.1. The number of esters is 1. The molecule has 1 aliphatic carbocycles. The van der Waals surface area contributed by atoms with Gasteiger partial charge in [-0.3, -0.25) is 4.79 Å². The number of carbonyl (C=O) groups excluding carboxylic acids is 2. The molecule has 1 aliphatic rings. The first kappa shape index (κ1) is 29.1. The zero-order chi connectivity index (χ0) is 30.0. The molecule has 0 aliphatic heterocycles. The molecule has 0 unspecified atom stereocenters. The van der Waals surface area contributed by atoms with Crippen molar-refractivity contribution >= 4 is 23.7 Å². The fourth-order valence-electron chi connectivity index (χ4n) is 4.92. The van der Waals surface area contributed by atoms with E-state index < -0.39 is 59.4 Å². The largest absolute Gasteiger partial charge is 0.449 e. The molecule has 0 saturated carbocycles. The van der Waals surface area contributed by atoms with Crippen LogP contribution in [0.4, 0.5) is 26.7 Å². The second kappa shape index (κ2) is 12.2. The Balaban J connectivity index is 1.30. The molecular weight excluding hydrogens is 581 g/mol. The summed E-state index contributed by atoms with van der Waals surface area (Å²) in [6.07, 6.45) is -1.56. The van der Waals surface area contributed by atoms with Gasteiger partial charge in [0.05, 0.1) is 6.42 Å². The van der Waals surface area contributed by atoms with Gasteiger partial charge < -0.3 is 14.8 Å². The zero-order valence-corrected chi connectivity index (χ0v) is 22.4. The van der Waals surface area contributed by atoms with Crippen molar-refractivity contribution in [1.29, 1.82) is 0 Å². The highest BCUT2D eigenvalue weighted by atomic mass is 35.5. The molecule has 0 bridgehead atoms. The maximum Gasteiger partial charge on any atom is 0.407 e. The minimum absolute atomic E-state index is 0.0214. The van der Waals surface area contributed by atoms with E-state index in [4.69, 9.17) is 16.3 Å². The van der Waals surface area contributed by atoms with Crippen molar-refractivity contribution in [2.75, 3.05) is 6.61 Å². The Morgan fingerprint density at radius 2 is 1.29 bits per heavy atom. The molecule has 0 fully saturated rings. The second-order valence-corrected chi connectivity index (χ2v) is 10.0. The monoisotopic (exact) mass is 601 g/mol. The van der Waals surface area contributed by atoms with Crippen LogP contribution in [0.25, 0.3) is 11.1 Å². The third-order valence-corrected chi connectivity index (χ3v) is 7.11. The molecule has 11 heteroatoms. The van der Waals surface area contributed by atoms with E-state index in [9.17, 15) is 31.5 Å². The van der Waals surface area contributed by atoms with E-state index in [1.165, 1.54) is 0 Å². The number of nitrogens with one attached hydrogen (secondary N) is 1. The normalized spacial score (nSPS) is 12.8. The fraction of sp³-hybridized carbons (Fsp3) is 0.161. The van der Waals surface area contributed by atoms with Crippen LogP contribution < -0.4 is 10.1 Å². The Labute approximate surface area is 241 Å². The van der Waals surface area contributed by atoms with Gasteiger partial charge in [0.25, 0.3) is 0 Å². The number of rotatable bonds is 8. The van der Waals surface area contributed by atoms with Crippen LogP contribution in [-0.2, 0) is 16.0 Å². The second-order valence-electron chi connectivity index (χ2n) is 9.57. The van der Waals surface area contributed by atoms with Crippen LogP contribution in [0, 0.1) is 29.1 Å². The van der Waals surface area contributed by atoms with E-state index in [0.717, 1.165) is 22.3 Å². The molecule has 5 rings (SSSR count). The van der Waals surface area contributed by atoms with Crippen LogP contribution in [-0.4, -0.2) is 24.7 Å². The highest BCUT2D eigenvalue weighted by Gasteiger charge is 2.31. The van der Waals surface area contributed by atoms with Crippen LogP contribution >= 0.6 is 11.6 Å². The first-order valence-corrected chi connectivity index (χ1v) is 13.1. The van der Waals surface area contributed by atoms with Crippen molar-refractivity contribution in [1.82, 2.24) is 5.32 Å². The van der Waals surface area contributed by atoms with E-state index in [2.05, 4.69) is 10.1 Å². The minimum atomic E-state index is -2.39. The summed E-state index contributed by atoms with van der Waals surface area (Å²) in [6, 6.07) is 20.8. The quantitative estimate of drug-likeness (QED) is 0.0748. The number of hydrogen-bond donors (Lipinski definition) is 1. The lowest BCUT2D eigenvalue weighted by molar-refractivity contribution is -0.135. The number of hydrogen-bond acceptors (Lipinski definition) is 4. The summed E-state index contributed by atoms with van der Waals surface area (Å²) >= 11 is 5.93. The average molecular weight is 602 g/mol. The van der Waals surface area contributed by atoms with Gasteiger partial charge >= 0.3 is 12.1 Å². The van der Waals surface area contributed by atoms with Crippen LogP contribution in [0.5, 0.6) is 5.75 Å². The van der Waals surface area contributed by atoms with E-state index in [1.807, 2.05) is 48.5 Å². The van der Waals surface area contributed by atoms with Crippen LogP contribution in [0.2, 0.25) is 5.02 Å². The number of amides is 1. The molecule has 4 aromatic rings. The van der Waals surface area contributed by atoms with Gasteiger partial charge in [-0.1, -0.05) is 72.3 Å². The predicted molar refractivity (Wildman–Crippen MR) is 144 cm³/mol. The Bertz CT molecular complexity index is 1590. The van der Waals surface area contributed by atoms with Gasteiger partial charge in [-0.15, -0.1) is 0 Å². The van der Waals surface area contributed by atoms with Gasteiger partial charge in [-0.2, -0.15) is 8.78 Å². The van der Waals surface area contributed by atoms with Gasteiger partial charge in [0.2, 0.25) is 34.8 Å². The van der Waals surface area contributed by atoms with Crippen LogP contribution in [0.1, 0.15) is 29.0 Å². The standard InChI is InChI=1S/C31H21ClF5NO4/c32-17-11-9-16(10-12-17)13-18(14-24(39)42-30-28(36)26(34)25(33)27(35)29(30)37)38-31(40)41-15-23-21-7-3-1-5-19(21)20-6-2-4-8-22(20)23/h1-12,18,23H,13-15H2,(H,38,40)/t18-/m0/s1. The van der Waals surface area contributed by atoms with Gasteiger partial charge in [-0.05, 0) is 46.4 Å². The molecule has 5 nitrogen and oxygen atoms in total. The third-order valence-electron chi connectivity index (χ3n) is 6.86. The molecule has 1 atom stereocenters. The lowest BCUT2D eigenvalue weighted by Crippen LogP contribution is -2.39. The van der Waals surface area contributed by atoms with Gasteiger partial charge in [-0.25, -0.2) is 18.0 Å². The Hall–Kier alpha value is -4.44. The van der Waals surface area contributed by atoms with Gasteiger partial charge in [0.15, 0.2) is 0 Å². The van der Waals surface area contributed by atoms with E-state index in [-0.39, 0.29) is 18.9 Å². The molecule has 0 aromatic heterocycles. The van der Waals surface area contributed by atoms with Crippen molar-refractivity contribution < 1.29 is 41.0 Å². The third kappa shape index (κ3) is 5.94. The summed E-state index contributed by atoms with van der Waals surface area (Å²) in [4.78, 5) is 25.5. The van der Waals surface area contributed by atoms with Crippen molar-refractivity contribution in [3.63, 3.8) is 0 Å². The summed E-state index contributed by atoms with van der Waals surface area (Å²) in [5, 5.41) is 2.97. The topological polar surface area (TPSA) is 64.6 Å². The number of alkyl carbamates (subject to hydrolysis) is 1. The molecule has 0 radical (unpaired) electrons. The highest BCUT2D eigenvalue weighted by Crippen LogP contribution is 2.44. The average Bonchev–Trinajstić information content (AvgIpc) is 3.31. The Morgan fingerprint density at radius 1 is 0.762 bits per heavy atom. The SMILES string of the molecule is O=C(C[C@H](Cc1ccc(Cl)cc1)NC(=O)OCC1c2ccccc2-c2ccccc21)Oc1c(F)c(F)c(F)c(F)c1F. The van der Waals surface area contributed by atoms with Crippen LogP contribution in [0.3, 0.4) is 0 Å². The molecular formula is C31H21ClF5NO4. The molecule has 0 spiro atoms. The maximum absolute atomic E-state index is 14.1. The molecule has 42 heavy (non-hydrogen) atoms. The first-order valence-electron chi connectivity index (χ1n) is 12.7. The lowest BCUT2D eigenvalue weighted by atomic mass is 9.98. The number of fused-ring (bicyclic) bond motifs is 3. The molecule has 0 heterocycles. The van der Waals surface area contributed by atoms with Crippen molar-refractivity contribution in [2.24, 2.45) is 0 Å². The Kier molecular flexibility index (Phi) is 8.44. The van der Waals surface area contributed by atoms with Crippen LogP contribution in [0.15, 0.2) is 72.8 Å². The van der Waals surface area contributed by atoms with Gasteiger partial charge in [0.1, 0.15) is 6.61 Å². The summed E-state index contributed by atoms with van der Waals surface area (Å²) < 4.78 is 78.7. The number of halogens is 6. The summed E-state index contributed by atoms with van der Waals surface area (Å²) in [5.41, 5.74) is 4.63. The molecule has 4 aromatic carbocycles. The molecule has 1 amide bonds. The van der Waals surface area contributed by atoms with Crippen molar-refractivity contribution in [3.8, 4) is 16.9 Å². The number of ether oxygens (including phenoxy) is 2. The summed E-state index contributed by atoms with van der Waals surface area (Å²) in [5.74, 6) is -14.8. The molecule has 216 valence electrons. The summed E-state index contributed by atoms with van der Waals surface area (Å²) in [7, 11) is 0. The van der Waals surface area contributed by atoms with E-state index in [1.54, 1.807) is 24.3 Å². The van der Waals surface area contributed by atoms with E-state index >= 15 is 0 Å². The fourth-order valence-corrected chi connectivity index (χ4v) is 5.04. The summed E-state index contributed by atoms with van der Waals surface area (Å²) in [6.45, 7) is -0.0253. The lowest BCUT2D eigenvalue weighted by Gasteiger charge is -2.20. The van der Waals surface area contributed by atoms with Crippen molar-refractivity contribution in [2.45, 2.75) is 24.8 Å². The smallest absolute Gasteiger partial charge is 0.407 e. The zero-order valence-electron chi connectivity index (χ0n) is 21.6. The van der Waals surface area contributed by atoms with Gasteiger partial charge in [0, 0.05) is 17.0 Å². The van der Waals surface area contributed by atoms with E-state index in [0.29, 0.717) is 10.6 Å². The number of benzene rings is 4. The molecule has 1 N–H and O–H groups in total. The highest BCUT2D eigenvalue weighted by molar-refractivity contribution is 6.30. The first-order chi connectivity index (χ1) is 20.1. The minimum Gasteiger partial charge on any atom is -0.449 e. The number of carbonyl (C=O) groups is 2. The predicted octanol–water partition coefficient (Wildman–Crippen LogP) is 7.48. The van der Waals surface area contributed by atoms with Crippen molar-refractivity contribution in [3.05, 3.63) is 124 Å². The molecule has 0 saturated heterocycles.